The molecular formula is C22H24N5NaO. The van der Waals surface area contributed by atoms with E-state index in [4.69, 9.17) is 9.97 Å². The van der Waals surface area contributed by atoms with Gasteiger partial charge < -0.3 is 17.4 Å². The van der Waals surface area contributed by atoms with Crippen LogP contribution >= 0.6 is 0 Å². The van der Waals surface area contributed by atoms with Gasteiger partial charge in [-0.1, -0.05) is 0 Å². The van der Waals surface area contributed by atoms with Gasteiger partial charge in [-0.25, -0.2) is 9.97 Å². The van der Waals surface area contributed by atoms with Crippen molar-refractivity contribution < 1.29 is 34.7 Å². The third-order valence-corrected chi connectivity index (χ3v) is 5.36. The van der Waals surface area contributed by atoms with E-state index in [2.05, 4.69) is 10.00 Å². The zero-order valence-corrected chi connectivity index (χ0v) is 19.5. The largest absolute Gasteiger partial charge is 1.00 e. The minimum Gasteiger partial charge on any atom is -0.507 e. The van der Waals surface area contributed by atoms with Crippen LogP contribution in [0.4, 0.5) is 5.82 Å². The predicted molar refractivity (Wildman–Crippen MR) is 114 cm³/mol. The molecule has 0 bridgehead atoms. The Hall–Kier alpha value is -2.15. The van der Waals surface area contributed by atoms with Crippen LogP contribution in [0, 0.1) is 14.4 Å². The maximum absolute atomic E-state index is 10.7. The van der Waals surface area contributed by atoms with Crippen LogP contribution in [0.1, 0.15) is 18.4 Å². The van der Waals surface area contributed by atoms with Crippen molar-refractivity contribution in [2.45, 2.75) is 19.8 Å². The fraction of sp³-hybridized carbons (Fsp3) is 0.273. The van der Waals surface area contributed by atoms with Crippen LogP contribution < -0.4 is 34.5 Å². The number of aromatic nitrogens is 4. The van der Waals surface area contributed by atoms with Gasteiger partial charge in [0, 0.05) is 42.8 Å². The molecule has 0 unspecified atom stereocenters. The normalized spacial score (nSPS) is 13.5. The molecule has 0 radical (unpaired) electrons. The second-order valence-electron chi connectivity index (χ2n) is 7.24. The van der Waals surface area contributed by atoms with Crippen LogP contribution in [-0.2, 0) is 7.05 Å². The zero-order chi connectivity index (χ0) is 18.5. The third kappa shape index (κ3) is 3.72. The van der Waals surface area contributed by atoms with Gasteiger partial charge in [-0.2, -0.15) is 5.10 Å². The first kappa shape index (κ1) is 21.6. The van der Waals surface area contributed by atoms with Gasteiger partial charge in [-0.3, -0.25) is 4.68 Å². The van der Waals surface area contributed by atoms with Crippen molar-refractivity contribution in [3.63, 3.8) is 0 Å². The Morgan fingerprint density at radius 2 is 1.69 bits per heavy atom. The number of fused-ring (bicyclic) bond motifs is 2. The molecule has 1 N–H and O–H groups in total. The van der Waals surface area contributed by atoms with Gasteiger partial charge in [0.2, 0.25) is 0 Å². The summed E-state index contributed by atoms with van der Waals surface area (Å²) >= 11 is 0. The Morgan fingerprint density at radius 3 is 2.45 bits per heavy atom. The Labute approximate surface area is 192 Å². The molecule has 0 atom stereocenters. The molecule has 1 fully saturated rings. The van der Waals surface area contributed by atoms with Gasteiger partial charge in [0.05, 0.1) is 22.2 Å². The number of benzene rings is 1. The number of pyridine rings is 2. The number of phenolic OH excluding ortho intramolecular Hbond substituents is 1. The summed E-state index contributed by atoms with van der Waals surface area (Å²) in [4.78, 5) is 11.9. The van der Waals surface area contributed by atoms with E-state index in [0.717, 1.165) is 57.7 Å². The fourth-order valence-corrected chi connectivity index (χ4v) is 3.91. The monoisotopic (exact) mass is 397 g/mol. The van der Waals surface area contributed by atoms with Crippen molar-refractivity contribution in [2.24, 2.45) is 7.05 Å². The molecule has 6 nitrogen and oxygen atoms in total. The molecule has 0 spiro atoms. The first-order chi connectivity index (χ1) is 13.1. The summed E-state index contributed by atoms with van der Waals surface area (Å²) in [5, 5.41) is 16.1. The molecular weight excluding hydrogens is 373 g/mol. The summed E-state index contributed by atoms with van der Waals surface area (Å²) in [6.07, 6.45) is 4.41. The van der Waals surface area contributed by atoms with E-state index in [9.17, 15) is 5.11 Å². The maximum atomic E-state index is 10.7. The van der Waals surface area contributed by atoms with E-state index in [1.807, 2.05) is 50.5 Å². The van der Waals surface area contributed by atoms with Crippen molar-refractivity contribution in [2.75, 3.05) is 18.0 Å². The van der Waals surface area contributed by atoms with E-state index in [-0.39, 0.29) is 42.7 Å². The number of phenols is 1. The molecule has 29 heavy (non-hydrogen) atoms. The molecule has 4 heterocycles. The number of rotatable bonds is 2. The molecule has 1 saturated heterocycles. The van der Waals surface area contributed by atoms with Gasteiger partial charge in [-0.05, 0) is 50.1 Å². The van der Waals surface area contributed by atoms with Crippen LogP contribution in [0.15, 0.2) is 36.5 Å². The average Bonchev–Trinajstić information content (AvgIpc) is 3.33. The number of hydrogen-bond donors (Lipinski definition) is 1. The molecule has 0 amide bonds. The van der Waals surface area contributed by atoms with Crippen molar-refractivity contribution in [1.82, 2.24) is 19.7 Å². The number of nitrogens with zero attached hydrogens (tertiary/aromatic N) is 5. The molecule has 0 aliphatic carbocycles. The Kier molecular flexibility index (Phi) is 6.17. The number of aromatic hydroxyl groups is 1. The van der Waals surface area contributed by atoms with Crippen molar-refractivity contribution >= 4 is 27.8 Å². The molecule has 1 aromatic carbocycles. The second kappa shape index (κ2) is 8.30. The van der Waals surface area contributed by atoms with Crippen LogP contribution in [0.3, 0.4) is 0 Å². The van der Waals surface area contributed by atoms with E-state index in [1.165, 1.54) is 12.8 Å². The van der Waals surface area contributed by atoms with Crippen molar-refractivity contribution in [3.8, 4) is 17.0 Å². The predicted octanol–water partition coefficient (Wildman–Crippen LogP) is 1.25. The SMILES string of the molecule is Cc1c(O)c(-c2ccc3nc(N4CCCC4)ccc3n2)cc2cn(C)nc12.[CH3-].[Na+]. The molecule has 0 saturated carbocycles. The van der Waals surface area contributed by atoms with Gasteiger partial charge in [-0.15, -0.1) is 0 Å². The van der Waals surface area contributed by atoms with Crippen LogP contribution in [0.5, 0.6) is 5.75 Å². The van der Waals surface area contributed by atoms with E-state index in [1.54, 1.807) is 4.68 Å². The molecule has 7 heteroatoms. The number of hydrogen-bond acceptors (Lipinski definition) is 5. The molecule has 3 aromatic heterocycles. The fourth-order valence-electron chi connectivity index (χ4n) is 3.91. The first-order valence-electron chi connectivity index (χ1n) is 9.29. The molecule has 144 valence electrons. The molecule has 4 aromatic rings. The summed E-state index contributed by atoms with van der Waals surface area (Å²) in [5.41, 5.74) is 4.76. The van der Waals surface area contributed by atoms with Gasteiger partial charge in [0.15, 0.2) is 0 Å². The summed E-state index contributed by atoms with van der Waals surface area (Å²) in [6.45, 7) is 4.03. The molecule has 5 rings (SSSR count). The Morgan fingerprint density at radius 1 is 1.00 bits per heavy atom. The minimum absolute atomic E-state index is 0. The van der Waals surface area contributed by atoms with E-state index < -0.39 is 0 Å². The zero-order valence-electron chi connectivity index (χ0n) is 17.5. The summed E-state index contributed by atoms with van der Waals surface area (Å²) < 4.78 is 1.76. The van der Waals surface area contributed by atoms with Gasteiger partial charge in [0.25, 0.3) is 0 Å². The standard InChI is InChI=1S/C21H21N5O.CH3.Na/c1-13-20-14(12-25(2)24-20)11-15(21(13)27)16-5-6-18-17(22-16)7-8-19(23-18)26-9-3-4-10-26;;/h5-8,11-12,27H,3-4,9-10H2,1-2H3;1H3;/q;-1;+1. The van der Waals surface area contributed by atoms with Crippen LogP contribution in [-0.4, -0.2) is 37.9 Å². The van der Waals surface area contributed by atoms with E-state index >= 15 is 0 Å². The maximum Gasteiger partial charge on any atom is 1.00 e. The van der Waals surface area contributed by atoms with Crippen LogP contribution in [0.25, 0.3) is 33.2 Å². The summed E-state index contributed by atoms with van der Waals surface area (Å²) in [5.74, 6) is 1.25. The van der Waals surface area contributed by atoms with Gasteiger partial charge >= 0.3 is 29.6 Å². The van der Waals surface area contributed by atoms with Crippen LogP contribution in [0.2, 0.25) is 0 Å². The summed E-state index contributed by atoms with van der Waals surface area (Å²) in [7, 11) is 1.88. The first-order valence-corrected chi connectivity index (χ1v) is 9.29. The van der Waals surface area contributed by atoms with Crippen molar-refractivity contribution in [1.29, 1.82) is 0 Å². The molecule has 1 aliphatic rings. The smallest absolute Gasteiger partial charge is 0.507 e. The topological polar surface area (TPSA) is 67.1 Å². The van der Waals surface area contributed by atoms with E-state index in [0.29, 0.717) is 0 Å². The second-order valence-corrected chi connectivity index (χ2v) is 7.24. The Balaban J connectivity index is 0.00000120. The van der Waals surface area contributed by atoms with Crippen molar-refractivity contribution in [3.05, 3.63) is 49.5 Å². The van der Waals surface area contributed by atoms with Gasteiger partial charge in [0.1, 0.15) is 11.6 Å². The Bertz CT molecular complexity index is 1180. The number of anilines is 1. The number of aryl methyl sites for hydroxylation is 2. The third-order valence-electron chi connectivity index (χ3n) is 5.36. The minimum atomic E-state index is 0. The summed E-state index contributed by atoms with van der Waals surface area (Å²) in [6, 6.07) is 9.93. The molecule has 1 aliphatic heterocycles. The average molecular weight is 397 g/mol. The quantitative estimate of drug-likeness (QED) is 0.407.